The van der Waals surface area contributed by atoms with Crippen molar-refractivity contribution in [2.75, 3.05) is 51.2 Å². The van der Waals surface area contributed by atoms with Gasteiger partial charge in [-0.25, -0.2) is 9.98 Å². The highest BCUT2D eigenvalue weighted by Crippen LogP contribution is 2.32. The number of anilines is 1. The number of aliphatic imine (C=N–C) groups is 1. The van der Waals surface area contributed by atoms with Gasteiger partial charge in [0.05, 0.1) is 22.9 Å². The lowest BCUT2D eigenvalue weighted by atomic mass is 10.0. The molecule has 0 bridgehead atoms. The minimum absolute atomic E-state index is 0.618. The molecular weight excluding hydrogens is 398 g/mol. The molecule has 3 aliphatic rings. The average molecular weight is 428 g/mol. The summed E-state index contributed by atoms with van der Waals surface area (Å²) in [7, 11) is 2.21. The number of likely N-dealkylation sites (N-methyl/N-ethyl adjacent to an activating group) is 1. The molecule has 164 valence electrons. The maximum absolute atomic E-state index is 5.91. The van der Waals surface area contributed by atoms with E-state index in [1.165, 1.54) is 12.0 Å². The lowest BCUT2D eigenvalue weighted by molar-refractivity contribution is 0.120. The fraction of sp³-hybridized carbons (Fsp3) is 0.400. The predicted octanol–water partition coefficient (Wildman–Crippen LogP) is 2.67. The van der Waals surface area contributed by atoms with Gasteiger partial charge in [0, 0.05) is 51.7 Å². The van der Waals surface area contributed by atoms with E-state index < -0.39 is 0 Å². The van der Waals surface area contributed by atoms with Crippen molar-refractivity contribution in [3.05, 3.63) is 48.2 Å². The first-order valence-electron chi connectivity index (χ1n) is 11.5. The van der Waals surface area contributed by atoms with Crippen LogP contribution in [0.5, 0.6) is 0 Å². The third-order valence-electron chi connectivity index (χ3n) is 7.13. The molecule has 0 spiro atoms. The lowest BCUT2D eigenvalue weighted by Crippen LogP contribution is -2.49. The van der Waals surface area contributed by atoms with E-state index in [4.69, 9.17) is 15.7 Å². The summed E-state index contributed by atoms with van der Waals surface area (Å²) in [5.41, 5.74) is 12.2. The number of nitrogens with two attached hydrogens (primary N) is 1. The van der Waals surface area contributed by atoms with E-state index >= 15 is 0 Å². The number of amidine groups is 1. The van der Waals surface area contributed by atoms with Crippen molar-refractivity contribution >= 4 is 28.4 Å². The van der Waals surface area contributed by atoms with Gasteiger partial charge in [-0.15, -0.1) is 0 Å². The predicted molar refractivity (Wildman–Crippen MR) is 130 cm³/mol. The molecule has 0 radical (unpaired) electrons. The van der Waals surface area contributed by atoms with Gasteiger partial charge in [0.25, 0.3) is 0 Å². The van der Waals surface area contributed by atoms with E-state index in [0.29, 0.717) is 11.9 Å². The second-order valence-electron chi connectivity index (χ2n) is 9.28. The summed E-state index contributed by atoms with van der Waals surface area (Å²) < 4.78 is 0. The largest absolute Gasteiger partial charge is 0.387 e. The van der Waals surface area contributed by atoms with Crippen molar-refractivity contribution in [1.82, 2.24) is 19.8 Å². The molecule has 0 saturated carbocycles. The number of hydrogen-bond donors (Lipinski definition) is 1. The molecule has 7 nitrogen and oxygen atoms in total. The number of fused-ring (bicyclic) bond motifs is 2. The van der Waals surface area contributed by atoms with Gasteiger partial charge >= 0.3 is 0 Å². The molecule has 6 rings (SSSR count). The van der Waals surface area contributed by atoms with Crippen molar-refractivity contribution in [3.8, 4) is 11.1 Å². The molecule has 2 aromatic carbocycles. The van der Waals surface area contributed by atoms with Crippen LogP contribution in [0.2, 0.25) is 0 Å². The third-order valence-corrected chi connectivity index (χ3v) is 7.13. The number of nitrogens with zero attached hydrogens (tertiary/aromatic N) is 6. The van der Waals surface area contributed by atoms with E-state index in [1.807, 2.05) is 6.20 Å². The Balaban J connectivity index is 1.24. The molecule has 3 aliphatic heterocycles. The first kappa shape index (κ1) is 19.6. The summed E-state index contributed by atoms with van der Waals surface area (Å²) in [6.45, 7) is 6.73. The van der Waals surface area contributed by atoms with Gasteiger partial charge in [-0.05, 0) is 48.4 Å². The highest BCUT2D eigenvalue weighted by Gasteiger charge is 2.30. The molecule has 1 aromatic heterocycles. The first-order valence-corrected chi connectivity index (χ1v) is 11.5. The van der Waals surface area contributed by atoms with Gasteiger partial charge in [0.15, 0.2) is 0 Å². The zero-order chi connectivity index (χ0) is 21.7. The summed E-state index contributed by atoms with van der Waals surface area (Å²) in [6, 6.07) is 13.3. The number of hydrogen-bond acceptors (Lipinski definition) is 7. The van der Waals surface area contributed by atoms with Crippen LogP contribution in [0.15, 0.2) is 47.6 Å². The molecule has 1 atom stereocenters. The highest BCUT2D eigenvalue weighted by molar-refractivity contribution is 5.92. The Kier molecular flexibility index (Phi) is 4.81. The summed E-state index contributed by atoms with van der Waals surface area (Å²) in [5, 5.41) is 0. The first-order chi connectivity index (χ1) is 15.6. The van der Waals surface area contributed by atoms with Crippen LogP contribution in [0, 0.1) is 0 Å². The van der Waals surface area contributed by atoms with Crippen molar-refractivity contribution in [3.63, 3.8) is 0 Å². The Hall–Kier alpha value is -3.03. The normalized spacial score (nSPS) is 21.8. The van der Waals surface area contributed by atoms with E-state index in [2.05, 4.69) is 63.1 Å². The summed E-state index contributed by atoms with van der Waals surface area (Å²) in [5.74, 6) is 1.67. The Bertz CT molecular complexity index is 1200. The third kappa shape index (κ3) is 3.61. The second kappa shape index (κ2) is 7.83. The van der Waals surface area contributed by atoms with Crippen molar-refractivity contribution in [1.29, 1.82) is 0 Å². The summed E-state index contributed by atoms with van der Waals surface area (Å²) >= 11 is 0. The molecule has 32 heavy (non-hydrogen) atoms. The van der Waals surface area contributed by atoms with Crippen LogP contribution < -0.4 is 10.6 Å². The molecule has 0 amide bonds. The lowest BCUT2D eigenvalue weighted by Gasteiger charge is -2.36. The van der Waals surface area contributed by atoms with Crippen molar-refractivity contribution in [2.45, 2.75) is 18.9 Å². The monoisotopic (exact) mass is 427 g/mol. The Morgan fingerprint density at radius 1 is 0.938 bits per heavy atom. The maximum Gasteiger partial charge on any atom is 0.147 e. The van der Waals surface area contributed by atoms with Crippen LogP contribution in [0.1, 0.15) is 12.0 Å². The van der Waals surface area contributed by atoms with Crippen LogP contribution in [0.25, 0.3) is 22.2 Å². The van der Waals surface area contributed by atoms with Crippen LogP contribution in [0.3, 0.4) is 0 Å². The summed E-state index contributed by atoms with van der Waals surface area (Å²) in [6.07, 6.45) is 3.87. The summed E-state index contributed by atoms with van der Waals surface area (Å²) in [4.78, 5) is 21.7. The average Bonchev–Trinajstić information content (AvgIpc) is 3.44. The van der Waals surface area contributed by atoms with Crippen LogP contribution in [-0.4, -0.2) is 78.0 Å². The van der Waals surface area contributed by atoms with Gasteiger partial charge in [0.2, 0.25) is 0 Å². The minimum atomic E-state index is 0.618. The molecule has 2 fully saturated rings. The fourth-order valence-electron chi connectivity index (χ4n) is 5.16. The molecule has 3 aromatic rings. The smallest absolute Gasteiger partial charge is 0.147 e. The van der Waals surface area contributed by atoms with E-state index in [9.17, 15) is 0 Å². The number of piperazine rings is 1. The van der Waals surface area contributed by atoms with E-state index in [1.54, 1.807) is 0 Å². The minimum Gasteiger partial charge on any atom is -0.387 e. The quantitative estimate of drug-likeness (QED) is 0.693. The van der Waals surface area contributed by atoms with Crippen LogP contribution >= 0.6 is 0 Å². The molecule has 4 heterocycles. The van der Waals surface area contributed by atoms with Gasteiger partial charge < -0.3 is 15.5 Å². The van der Waals surface area contributed by atoms with Crippen LogP contribution in [0.4, 0.5) is 11.5 Å². The standard InChI is InChI=1S/C25H29N7/c1-30-8-10-31(11-9-30)20-6-7-32(16-20)25-15-27-21-5-4-18(13-23(21)29-25)17-2-3-19-14-24(26)28-22(19)12-17/h2-5,12-13,15,20H,6-11,14,16H2,1H3,(H2,26,28). The molecule has 2 N–H and O–H groups in total. The Morgan fingerprint density at radius 3 is 2.62 bits per heavy atom. The maximum atomic E-state index is 5.91. The van der Waals surface area contributed by atoms with Crippen LogP contribution in [-0.2, 0) is 6.42 Å². The van der Waals surface area contributed by atoms with E-state index in [-0.39, 0.29) is 0 Å². The number of benzene rings is 2. The molecule has 7 heteroatoms. The van der Waals surface area contributed by atoms with Gasteiger partial charge in [-0.1, -0.05) is 18.2 Å². The fourth-order valence-corrected chi connectivity index (χ4v) is 5.16. The van der Waals surface area contributed by atoms with Crippen molar-refractivity contribution < 1.29 is 0 Å². The Morgan fingerprint density at radius 2 is 1.75 bits per heavy atom. The zero-order valence-electron chi connectivity index (χ0n) is 18.5. The van der Waals surface area contributed by atoms with Crippen molar-refractivity contribution in [2.24, 2.45) is 10.7 Å². The van der Waals surface area contributed by atoms with Gasteiger partial charge in [0.1, 0.15) is 11.7 Å². The SMILES string of the molecule is CN1CCN(C2CCN(c3cnc4ccc(-c5ccc6c(c5)N=C(N)C6)cc4n3)C2)CC1. The Labute approximate surface area is 188 Å². The number of rotatable bonds is 3. The zero-order valence-corrected chi connectivity index (χ0v) is 18.5. The highest BCUT2D eigenvalue weighted by atomic mass is 15.3. The van der Waals surface area contributed by atoms with Gasteiger partial charge in [-0.2, -0.15) is 0 Å². The molecule has 1 unspecified atom stereocenters. The second-order valence-corrected chi connectivity index (χ2v) is 9.28. The topological polar surface area (TPSA) is 73.9 Å². The van der Waals surface area contributed by atoms with Gasteiger partial charge in [-0.3, -0.25) is 9.88 Å². The molecular formula is C25H29N7. The molecule has 2 saturated heterocycles. The molecule has 0 aliphatic carbocycles. The van der Waals surface area contributed by atoms with E-state index in [0.717, 1.165) is 79.4 Å². The number of aromatic nitrogens is 2.